The van der Waals surface area contributed by atoms with E-state index in [4.69, 9.17) is 0 Å². The lowest BCUT2D eigenvalue weighted by atomic mass is 10.1. The van der Waals surface area contributed by atoms with Crippen LogP contribution in [0.3, 0.4) is 0 Å². The Balaban J connectivity index is 1.80. The van der Waals surface area contributed by atoms with Crippen LogP contribution >= 0.6 is 15.9 Å². The van der Waals surface area contributed by atoms with Crippen LogP contribution in [0.15, 0.2) is 44.9 Å². The normalized spacial score (nSPS) is 11.4. The highest BCUT2D eigenvalue weighted by molar-refractivity contribution is 9.10. The molecule has 0 saturated heterocycles. The van der Waals surface area contributed by atoms with Gasteiger partial charge in [-0.3, -0.25) is 15.5 Å². The number of rotatable bonds is 6. The molecule has 0 aliphatic carbocycles. The van der Waals surface area contributed by atoms with Crippen molar-refractivity contribution in [1.82, 2.24) is 30.7 Å². The van der Waals surface area contributed by atoms with Crippen LogP contribution in [0.1, 0.15) is 17.2 Å². The Morgan fingerprint density at radius 1 is 1.26 bits per heavy atom. The van der Waals surface area contributed by atoms with Gasteiger partial charge in [0.15, 0.2) is 11.5 Å². The first-order chi connectivity index (χ1) is 13.1. The Kier molecular flexibility index (Phi) is 5.88. The Hall–Kier alpha value is -3.12. The van der Waals surface area contributed by atoms with Crippen molar-refractivity contribution in [2.45, 2.75) is 12.8 Å². The van der Waals surface area contributed by atoms with E-state index in [1.165, 1.54) is 30.9 Å². The number of hydroxylamine groups is 1. The van der Waals surface area contributed by atoms with E-state index in [1.807, 2.05) is 5.48 Å². The average Bonchev–Trinajstić information content (AvgIpc) is 3.11. The molecule has 0 radical (unpaired) electrons. The van der Waals surface area contributed by atoms with Crippen molar-refractivity contribution in [2.24, 2.45) is 4.99 Å². The van der Waals surface area contributed by atoms with Crippen molar-refractivity contribution in [1.29, 1.82) is 0 Å². The minimum absolute atomic E-state index is 0.0290. The van der Waals surface area contributed by atoms with Gasteiger partial charge in [-0.25, -0.2) is 29.0 Å². The van der Waals surface area contributed by atoms with Crippen molar-refractivity contribution in [2.75, 3.05) is 0 Å². The zero-order valence-electron chi connectivity index (χ0n) is 13.5. The quantitative estimate of drug-likeness (QED) is 0.335. The SMILES string of the molecule is O=C(Cc1ncncn1)Cc1nonc1C(=Nc1ccc(F)c(Br)c1)NO. The molecule has 138 valence electrons. The number of carbonyl (C=O) groups excluding carboxylic acids is 1. The molecule has 0 fully saturated rings. The standard InChI is InChI=1S/C15H11BrFN7O3/c16-10-3-8(1-2-11(10)17)21-15(22-26)14-12(23-27-24-14)4-9(25)5-13-19-6-18-7-20-13/h1-3,6-7,26H,4-5H2,(H,21,22). The summed E-state index contributed by atoms with van der Waals surface area (Å²) in [6.07, 6.45) is 2.41. The van der Waals surface area contributed by atoms with Crippen LogP contribution in [0.4, 0.5) is 10.1 Å². The van der Waals surface area contributed by atoms with Gasteiger partial charge in [0.25, 0.3) is 0 Å². The number of halogens is 2. The summed E-state index contributed by atoms with van der Waals surface area (Å²) >= 11 is 3.05. The van der Waals surface area contributed by atoms with E-state index in [0.29, 0.717) is 11.5 Å². The molecule has 12 heteroatoms. The number of nitrogens with zero attached hydrogens (tertiary/aromatic N) is 6. The summed E-state index contributed by atoms with van der Waals surface area (Å²) < 4.78 is 18.2. The van der Waals surface area contributed by atoms with E-state index in [9.17, 15) is 14.4 Å². The monoisotopic (exact) mass is 435 g/mol. The first kappa shape index (κ1) is 18.7. The second-order valence-corrected chi connectivity index (χ2v) is 6.03. The van der Waals surface area contributed by atoms with E-state index >= 15 is 0 Å². The van der Waals surface area contributed by atoms with Gasteiger partial charge >= 0.3 is 0 Å². The summed E-state index contributed by atoms with van der Waals surface area (Å²) in [5, 5.41) is 16.7. The first-order valence-corrected chi connectivity index (χ1v) is 8.24. The van der Waals surface area contributed by atoms with Gasteiger partial charge in [-0.05, 0) is 39.3 Å². The smallest absolute Gasteiger partial charge is 0.182 e. The number of ketones is 1. The largest absolute Gasteiger partial charge is 0.299 e. The lowest BCUT2D eigenvalue weighted by Crippen LogP contribution is -2.23. The molecule has 0 atom stereocenters. The minimum atomic E-state index is -0.458. The van der Waals surface area contributed by atoms with Gasteiger partial charge in [-0.2, -0.15) is 0 Å². The number of benzene rings is 1. The average molecular weight is 436 g/mol. The van der Waals surface area contributed by atoms with Crippen molar-refractivity contribution in [3.63, 3.8) is 0 Å². The second kappa shape index (κ2) is 8.51. The number of carbonyl (C=O) groups is 1. The molecule has 0 spiro atoms. The number of nitrogens with one attached hydrogen (secondary N) is 1. The molecular formula is C15H11BrFN7O3. The van der Waals surface area contributed by atoms with Gasteiger partial charge in [-0.1, -0.05) is 5.16 Å². The van der Waals surface area contributed by atoms with Crippen LogP contribution in [0.5, 0.6) is 0 Å². The summed E-state index contributed by atoms with van der Waals surface area (Å²) in [5.74, 6) is -0.504. The van der Waals surface area contributed by atoms with Gasteiger partial charge in [0.05, 0.1) is 23.0 Å². The Bertz CT molecular complexity index is 981. The lowest BCUT2D eigenvalue weighted by Gasteiger charge is -2.04. The molecule has 3 rings (SSSR count). The third-order valence-corrected chi connectivity index (χ3v) is 3.91. The molecule has 2 N–H and O–H groups in total. The third-order valence-electron chi connectivity index (χ3n) is 3.30. The van der Waals surface area contributed by atoms with Crippen LogP contribution in [0.25, 0.3) is 0 Å². The summed E-state index contributed by atoms with van der Waals surface area (Å²) in [6.45, 7) is 0. The van der Waals surface area contributed by atoms with Crippen molar-refractivity contribution in [3.05, 3.63) is 58.4 Å². The zero-order chi connectivity index (χ0) is 19.2. The fourth-order valence-corrected chi connectivity index (χ4v) is 2.46. The number of amidine groups is 1. The fourth-order valence-electron chi connectivity index (χ4n) is 2.10. The zero-order valence-corrected chi connectivity index (χ0v) is 15.1. The highest BCUT2D eigenvalue weighted by Crippen LogP contribution is 2.22. The molecule has 0 bridgehead atoms. The van der Waals surface area contributed by atoms with Gasteiger partial charge in [0, 0.05) is 0 Å². The summed E-state index contributed by atoms with van der Waals surface area (Å²) in [4.78, 5) is 27.8. The van der Waals surface area contributed by atoms with Crippen LogP contribution < -0.4 is 5.48 Å². The maximum absolute atomic E-state index is 13.3. The van der Waals surface area contributed by atoms with E-state index in [0.717, 1.165) is 0 Å². The number of hydrogen-bond acceptors (Lipinski definition) is 9. The van der Waals surface area contributed by atoms with Crippen LogP contribution in [-0.2, 0) is 17.6 Å². The third kappa shape index (κ3) is 4.74. The number of aromatic nitrogens is 5. The van der Waals surface area contributed by atoms with Gasteiger partial charge in [0.2, 0.25) is 0 Å². The minimum Gasteiger partial charge on any atom is -0.299 e. The van der Waals surface area contributed by atoms with Crippen LogP contribution in [0.2, 0.25) is 0 Å². The molecule has 2 heterocycles. The number of aliphatic imine (C=N–C) groups is 1. The Morgan fingerprint density at radius 2 is 2.04 bits per heavy atom. The molecule has 1 aromatic carbocycles. The second-order valence-electron chi connectivity index (χ2n) is 5.18. The molecular weight excluding hydrogens is 425 g/mol. The summed E-state index contributed by atoms with van der Waals surface area (Å²) in [5.41, 5.74) is 2.41. The van der Waals surface area contributed by atoms with Gasteiger partial charge in [0.1, 0.15) is 35.8 Å². The highest BCUT2D eigenvalue weighted by atomic mass is 79.9. The van der Waals surface area contributed by atoms with E-state index in [1.54, 1.807) is 0 Å². The first-order valence-electron chi connectivity index (χ1n) is 7.45. The summed E-state index contributed by atoms with van der Waals surface area (Å²) in [7, 11) is 0. The van der Waals surface area contributed by atoms with Crippen LogP contribution in [0, 0.1) is 5.82 Å². The van der Waals surface area contributed by atoms with Crippen molar-refractivity contribution < 1.29 is 19.0 Å². The molecule has 27 heavy (non-hydrogen) atoms. The van der Waals surface area contributed by atoms with Gasteiger partial charge in [-0.15, -0.1) is 0 Å². The maximum atomic E-state index is 13.3. The molecule has 0 aliphatic rings. The lowest BCUT2D eigenvalue weighted by molar-refractivity contribution is -0.118. The molecule has 2 aromatic heterocycles. The van der Waals surface area contributed by atoms with E-state index in [-0.39, 0.29) is 40.3 Å². The van der Waals surface area contributed by atoms with Crippen molar-refractivity contribution in [3.8, 4) is 0 Å². The number of Topliss-reactive ketones (excluding diaryl/α,β-unsaturated/α-hetero) is 1. The van der Waals surface area contributed by atoms with Gasteiger partial charge < -0.3 is 0 Å². The molecule has 0 aliphatic heterocycles. The molecule has 10 nitrogen and oxygen atoms in total. The van der Waals surface area contributed by atoms with E-state index < -0.39 is 5.82 Å². The summed E-state index contributed by atoms with van der Waals surface area (Å²) in [6, 6.07) is 4.01. The molecule has 0 saturated carbocycles. The Labute approximate surface area is 159 Å². The maximum Gasteiger partial charge on any atom is 0.182 e. The molecule has 0 unspecified atom stereocenters. The predicted octanol–water partition coefficient (Wildman–Crippen LogP) is 1.57. The highest BCUT2D eigenvalue weighted by Gasteiger charge is 2.20. The topological polar surface area (TPSA) is 139 Å². The molecule has 3 aromatic rings. The predicted molar refractivity (Wildman–Crippen MR) is 91.8 cm³/mol. The molecule has 0 amide bonds. The van der Waals surface area contributed by atoms with Crippen LogP contribution in [-0.4, -0.2) is 42.1 Å². The fraction of sp³-hybridized carbons (Fsp3) is 0.133. The van der Waals surface area contributed by atoms with Crippen molar-refractivity contribution >= 4 is 33.2 Å². The van der Waals surface area contributed by atoms with E-state index in [2.05, 4.69) is 50.8 Å². The number of hydrogen-bond donors (Lipinski definition) is 2. The Morgan fingerprint density at radius 3 is 2.74 bits per heavy atom.